The number of ether oxygens (including phenoxy) is 1. The minimum Gasteiger partial charge on any atom is -0.464 e. The zero-order valence-electron chi connectivity index (χ0n) is 20.6. The number of hydrogen-bond donors (Lipinski definition) is 2. The predicted octanol–water partition coefficient (Wildman–Crippen LogP) is 2.93. The van der Waals surface area contributed by atoms with Gasteiger partial charge in [0, 0.05) is 32.5 Å². The van der Waals surface area contributed by atoms with E-state index in [0.29, 0.717) is 46.9 Å². The number of pyridine rings is 1. The summed E-state index contributed by atoms with van der Waals surface area (Å²) in [6.45, 7) is 0.456. The number of nitrogens with zero attached hydrogens (tertiary/aromatic N) is 6. The van der Waals surface area contributed by atoms with E-state index in [0.717, 1.165) is 11.9 Å². The van der Waals surface area contributed by atoms with Crippen LogP contribution in [-0.4, -0.2) is 65.3 Å². The molecule has 0 amide bonds. The molecule has 0 unspecified atom stereocenters. The van der Waals surface area contributed by atoms with Crippen molar-refractivity contribution in [3.8, 4) is 11.3 Å². The summed E-state index contributed by atoms with van der Waals surface area (Å²) in [4.78, 5) is 30.7. The molecule has 13 heteroatoms. The van der Waals surface area contributed by atoms with Crippen molar-refractivity contribution in [1.29, 1.82) is 0 Å². The van der Waals surface area contributed by atoms with Crippen molar-refractivity contribution in [3.63, 3.8) is 0 Å². The van der Waals surface area contributed by atoms with Gasteiger partial charge >= 0.3 is 5.97 Å². The Balaban J connectivity index is 1.53. The third kappa shape index (κ3) is 4.53. The molecule has 12 nitrogen and oxygen atoms in total. The highest BCUT2D eigenvalue weighted by Crippen LogP contribution is 2.33. The van der Waals surface area contributed by atoms with E-state index in [1.54, 1.807) is 50.0 Å². The molecule has 192 valence electrons. The fourth-order valence-electron chi connectivity index (χ4n) is 4.27. The number of aromatic nitrogens is 5. The van der Waals surface area contributed by atoms with Crippen molar-refractivity contribution in [2.75, 3.05) is 41.4 Å². The minimum absolute atomic E-state index is 0.0212. The molecule has 1 saturated heterocycles. The molecular formula is C24H26N8O4S. The van der Waals surface area contributed by atoms with Gasteiger partial charge in [0.15, 0.2) is 17.3 Å². The Morgan fingerprint density at radius 3 is 2.57 bits per heavy atom. The van der Waals surface area contributed by atoms with E-state index in [9.17, 15) is 13.2 Å². The Morgan fingerprint density at radius 2 is 1.86 bits per heavy atom. The summed E-state index contributed by atoms with van der Waals surface area (Å²) in [5.41, 5.74) is 3.65. The molecule has 1 aromatic carbocycles. The molecule has 0 bridgehead atoms. The van der Waals surface area contributed by atoms with Crippen molar-refractivity contribution < 1.29 is 17.9 Å². The number of sulfonamides is 1. The van der Waals surface area contributed by atoms with Crippen LogP contribution in [0.15, 0.2) is 43.0 Å². The van der Waals surface area contributed by atoms with Crippen LogP contribution in [0, 0.1) is 0 Å². The first-order chi connectivity index (χ1) is 17.8. The number of methoxy groups -OCH3 is 1. The summed E-state index contributed by atoms with van der Waals surface area (Å²) in [5.74, 6) is 0.0630. The molecule has 4 heterocycles. The Morgan fingerprint density at radius 1 is 1.08 bits per heavy atom. The van der Waals surface area contributed by atoms with Crippen LogP contribution in [0.4, 0.5) is 23.0 Å². The first-order valence-corrected chi connectivity index (χ1v) is 13.2. The van der Waals surface area contributed by atoms with Gasteiger partial charge in [0.05, 0.1) is 42.2 Å². The van der Waals surface area contributed by atoms with Crippen LogP contribution in [0.3, 0.4) is 0 Å². The average molecular weight is 523 g/mol. The lowest BCUT2D eigenvalue weighted by atomic mass is 10.1. The molecule has 0 saturated carbocycles. The monoisotopic (exact) mass is 522 g/mol. The van der Waals surface area contributed by atoms with Crippen molar-refractivity contribution in [3.05, 3.63) is 48.7 Å². The van der Waals surface area contributed by atoms with Gasteiger partial charge in [-0.25, -0.2) is 28.2 Å². The first kappa shape index (κ1) is 24.4. The third-order valence-electron chi connectivity index (χ3n) is 6.17. The zero-order chi connectivity index (χ0) is 26.2. The molecule has 0 radical (unpaired) electrons. The fraction of sp³-hybridized carbons (Fsp3) is 0.292. The van der Waals surface area contributed by atoms with E-state index < -0.39 is 16.0 Å². The number of hydrogen-bond acceptors (Lipinski definition) is 10. The maximum atomic E-state index is 12.7. The maximum absolute atomic E-state index is 12.7. The highest BCUT2D eigenvalue weighted by Gasteiger charge is 2.26. The van der Waals surface area contributed by atoms with E-state index in [-0.39, 0.29) is 17.3 Å². The summed E-state index contributed by atoms with van der Waals surface area (Å²) >= 11 is 0. The number of carbonyl (C=O) groups is 1. The van der Waals surface area contributed by atoms with Crippen molar-refractivity contribution in [2.24, 2.45) is 7.05 Å². The molecule has 0 spiro atoms. The standard InChI is InChI=1S/C24H26N8O4S/c1-25-22-20(17-12-26-13-18-19(17)27-14-31(18)2)29-21(24(33)36-3)23(30-22)28-15-6-8-16(9-7-15)32-10-4-5-11-37(32,34)35/h6-9,12-14H,4-5,10-11H2,1-3H3,(H2,25,28,30). The Kier molecular flexibility index (Phi) is 6.38. The van der Waals surface area contributed by atoms with E-state index in [4.69, 9.17) is 4.74 Å². The summed E-state index contributed by atoms with van der Waals surface area (Å²) in [7, 11) is 1.53. The topological polar surface area (TPSA) is 144 Å². The third-order valence-corrected chi connectivity index (χ3v) is 8.04. The summed E-state index contributed by atoms with van der Waals surface area (Å²) in [6.07, 6.45) is 6.49. The van der Waals surface area contributed by atoms with E-state index in [1.807, 2.05) is 11.6 Å². The van der Waals surface area contributed by atoms with Crippen LogP contribution in [0.25, 0.3) is 22.3 Å². The maximum Gasteiger partial charge on any atom is 0.360 e. The minimum atomic E-state index is -3.31. The normalized spacial score (nSPS) is 14.9. The van der Waals surface area contributed by atoms with E-state index in [2.05, 4.69) is 30.6 Å². The van der Waals surface area contributed by atoms with E-state index >= 15 is 0 Å². The molecule has 3 aromatic heterocycles. The lowest BCUT2D eigenvalue weighted by Crippen LogP contribution is -2.37. The summed E-state index contributed by atoms with van der Waals surface area (Å²) in [5, 5.41) is 6.15. The number of imidazole rings is 1. The van der Waals surface area contributed by atoms with Gasteiger partial charge in [0.2, 0.25) is 10.0 Å². The van der Waals surface area contributed by atoms with Gasteiger partial charge in [-0.15, -0.1) is 0 Å². The SMILES string of the molecule is CNc1nc(Nc2ccc(N3CCCCS3(=O)=O)cc2)c(C(=O)OC)nc1-c1cncc2c1ncn2C. The summed E-state index contributed by atoms with van der Waals surface area (Å²) < 4.78 is 33.1. The number of rotatable bonds is 6. The van der Waals surface area contributed by atoms with Crippen LogP contribution < -0.4 is 14.9 Å². The van der Waals surface area contributed by atoms with Gasteiger partial charge in [-0.05, 0) is 37.1 Å². The van der Waals surface area contributed by atoms with Crippen molar-refractivity contribution in [2.45, 2.75) is 12.8 Å². The van der Waals surface area contributed by atoms with Crippen LogP contribution >= 0.6 is 0 Å². The number of fused-ring (bicyclic) bond motifs is 1. The van der Waals surface area contributed by atoms with Gasteiger partial charge < -0.3 is 19.9 Å². The molecular weight excluding hydrogens is 496 g/mol. The molecule has 1 fully saturated rings. The Hall–Kier alpha value is -4.26. The van der Waals surface area contributed by atoms with Gasteiger partial charge in [0.25, 0.3) is 0 Å². The second-order valence-corrected chi connectivity index (χ2v) is 10.5. The number of esters is 1. The van der Waals surface area contributed by atoms with Crippen LogP contribution in [0.2, 0.25) is 0 Å². The van der Waals surface area contributed by atoms with Crippen LogP contribution in [0.5, 0.6) is 0 Å². The van der Waals surface area contributed by atoms with Crippen LogP contribution in [-0.2, 0) is 21.8 Å². The highest BCUT2D eigenvalue weighted by atomic mass is 32.2. The number of aryl methyl sites for hydroxylation is 1. The Bertz CT molecular complexity index is 1580. The molecule has 0 aliphatic carbocycles. The predicted molar refractivity (Wildman–Crippen MR) is 141 cm³/mol. The Labute approximate surface area is 213 Å². The molecule has 4 aromatic rings. The lowest BCUT2D eigenvalue weighted by molar-refractivity contribution is 0.0595. The molecule has 1 aliphatic heterocycles. The number of anilines is 4. The summed E-state index contributed by atoms with van der Waals surface area (Å²) in [6, 6.07) is 6.90. The number of carbonyl (C=O) groups excluding carboxylic acids is 1. The van der Waals surface area contributed by atoms with Crippen LogP contribution in [0.1, 0.15) is 23.3 Å². The molecule has 37 heavy (non-hydrogen) atoms. The fourth-order valence-corrected chi connectivity index (χ4v) is 5.91. The smallest absolute Gasteiger partial charge is 0.360 e. The van der Waals surface area contributed by atoms with Crippen molar-refractivity contribution >= 4 is 50.0 Å². The number of benzene rings is 1. The second kappa shape index (κ2) is 9.65. The van der Waals surface area contributed by atoms with Gasteiger partial charge in [-0.2, -0.15) is 0 Å². The molecule has 5 rings (SSSR count). The molecule has 1 aliphatic rings. The average Bonchev–Trinajstić information content (AvgIpc) is 3.29. The molecule has 2 N–H and O–H groups in total. The molecule has 0 atom stereocenters. The van der Waals surface area contributed by atoms with Gasteiger partial charge in [-0.1, -0.05) is 0 Å². The van der Waals surface area contributed by atoms with Gasteiger partial charge in [0.1, 0.15) is 11.2 Å². The van der Waals surface area contributed by atoms with Crippen molar-refractivity contribution in [1.82, 2.24) is 24.5 Å². The van der Waals surface area contributed by atoms with E-state index in [1.165, 1.54) is 11.4 Å². The quantitative estimate of drug-likeness (QED) is 0.363. The second-order valence-electron chi connectivity index (χ2n) is 8.54. The lowest BCUT2D eigenvalue weighted by Gasteiger charge is -2.28. The largest absolute Gasteiger partial charge is 0.464 e. The van der Waals surface area contributed by atoms with Gasteiger partial charge in [-0.3, -0.25) is 9.29 Å². The zero-order valence-corrected chi connectivity index (χ0v) is 21.4. The first-order valence-electron chi connectivity index (χ1n) is 11.6. The number of nitrogens with one attached hydrogen (secondary N) is 2. The highest BCUT2D eigenvalue weighted by molar-refractivity contribution is 7.92.